The molecule has 4 atom stereocenters. The zero-order chi connectivity index (χ0) is 19.6. The van der Waals surface area contributed by atoms with Crippen molar-refractivity contribution in [2.75, 3.05) is 13.7 Å². The van der Waals surface area contributed by atoms with Crippen LogP contribution in [0.2, 0.25) is 0 Å². The first-order valence-electron chi connectivity index (χ1n) is 8.96. The average molecular weight is 363 g/mol. The lowest BCUT2D eigenvalue weighted by Crippen LogP contribution is -2.53. The van der Waals surface area contributed by atoms with E-state index in [0.29, 0.717) is 5.75 Å². The highest BCUT2D eigenvalue weighted by Crippen LogP contribution is 2.56. The fraction of sp³-hybridized carbons (Fsp3) is 0.429. The van der Waals surface area contributed by atoms with Gasteiger partial charge in [-0.1, -0.05) is 18.2 Å². The molecule has 1 N–H and O–H groups in total. The number of fused-ring (bicyclic) bond motifs is 1. The molecule has 6 nitrogen and oxygen atoms in total. The van der Waals surface area contributed by atoms with E-state index < -0.39 is 23.2 Å². The third-order valence-corrected chi connectivity index (χ3v) is 5.58. The Labute approximate surface area is 158 Å². The number of hydrogen-bond donors (Lipinski definition) is 1. The quantitative estimate of drug-likeness (QED) is 0.652. The average Bonchev–Trinajstić information content (AvgIpc) is 3.16. The Bertz CT molecular complexity index is 875. The number of rotatable bonds is 4. The minimum Gasteiger partial charge on any atom is -0.497 e. The third kappa shape index (κ3) is 2.69. The van der Waals surface area contributed by atoms with Crippen LogP contribution >= 0.6 is 0 Å². The van der Waals surface area contributed by atoms with Gasteiger partial charge in [0.15, 0.2) is 0 Å². The van der Waals surface area contributed by atoms with E-state index in [0.717, 1.165) is 24.0 Å². The van der Waals surface area contributed by atoms with Crippen molar-refractivity contribution >= 4 is 11.7 Å². The normalized spacial score (nSPS) is 29.1. The summed E-state index contributed by atoms with van der Waals surface area (Å²) in [6, 6.07) is 11.4. The maximum Gasteiger partial charge on any atom is 0.333 e. The minimum absolute atomic E-state index is 0.107. The van der Waals surface area contributed by atoms with E-state index >= 15 is 0 Å². The molecule has 1 fully saturated rings. The molecule has 1 aromatic rings. The van der Waals surface area contributed by atoms with Crippen LogP contribution in [0.15, 0.2) is 35.9 Å². The van der Waals surface area contributed by atoms with E-state index in [1.807, 2.05) is 18.2 Å². The van der Waals surface area contributed by atoms with Gasteiger partial charge in [0.25, 0.3) is 0 Å². The molecule has 0 saturated heterocycles. The second-order valence-corrected chi connectivity index (χ2v) is 6.75. The van der Waals surface area contributed by atoms with Crippen molar-refractivity contribution in [1.82, 2.24) is 0 Å². The number of allylic oxidation sites excluding steroid dienone is 2. The van der Waals surface area contributed by atoms with Gasteiger partial charge in [0.05, 0.1) is 31.6 Å². The van der Waals surface area contributed by atoms with Crippen LogP contribution in [0, 0.1) is 45.3 Å². The van der Waals surface area contributed by atoms with Crippen molar-refractivity contribution in [3.05, 3.63) is 41.5 Å². The van der Waals surface area contributed by atoms with Gasteiger partial charge in [0.1, 0.15) is 11.7 Å². The molecule has 1 aromatic carbocycles. The Balaban J connectivity index is 2.22. The summed E-state index contributed by atoms with van der Waals surface area (Å²) >= 11 is 0. The summed E-state index contributed by atoms with van der Waals surface area (Å²) < 4.78 is 10.4. The lowest BCUT2D eigenvalue weighted by atomic mass is 9.55. The van der Waals surface area contributed by atoms with Crippen molar-refractivity contribution < 1.29 is 14.3 Å². The van der Waals surface area contributed by atoms with Crippen molar-refractivity contribution in [2.45, 2.75) is 25.7 Å². The van der Waals surface area contributed by atoms with E-state index in [1.54, 1.807) is 26.2 Å². The summed E-state index contributed by atoms with van der Waals surface area (Å²) in [4.78, 5) is 13.0. The third-order valence-electron chi connectivity index (χ3n) is 5.58. The van der Waals surface area contributed by atoms with Crippen molar-refractivity contribution in [3.8, 4) is 17.9 Å². The molecule has 2 aliphatic carbocycles. The van der Waals surface area contributed by atoms with Gasteiger partial charge in [-0.3, -0.25) is 0 Å². The highest BCUT2D eigenvalue weighted by Gasteiger charge is 2.62. The van der Waals surface area contributed by atoms with Crippen LogP contribution in [0.1, 0.15) is 31.2 Å². The SMILES string of the molecule is CCOC(=O)[C@@]1(C#N)C(=N)[C@@H](C#N)C2=CCC[C@H]2[C@@H]1c1ccc(OC)cc1. The number of methoxy groups -OCH3 is 1. The molecule has 0 aliphatic heterocycles. The monoisotopic (exact) mass is 363 g/mol. The number of carbonyl (C=O) groups is 1. The summed E-state index contributed by atoms with van der Waals surface area (Å²) in [5.41, 5.74) is -0.379. The van der Waals surface area contributed by atoms with Crippen LogP contribution < -0.4 is 4.74 Å². The molecule has 0 radical (unpaired) electrons. The van der Waals surface area contributed by atoms with Gasteiger partial charge in [0.2, 0.25) is 5.41 Å². The van der Waals surface area contributed by atoms with E-state index in [1.165, 1.54) is 0 Å². The molecule has 1 saturated carbocycles. The second-order valence-electron chi connectivity index (χ2n) is 6.75. The Kier molecular flexibility index (Phi) is 5.01. The van der Waals surface area contributed by atoms with Crippen LogP contribution in [0.5, 0.6) is 5.75 Å². The number of benzene rings is 1. The lowest BCUT2D eigenvalue weighted by molar-refractivity contribution is -0.150. The second kappa shape index (κ2) is 7.25. The molecule has 6 heteroatoms. The minimum atomic E-state index is -1.81. The largest absolute Gasteiger partial charge is 0.497 e. The molecule has 0 heterocycles. The summed E-state index contributed by atoms with van der Waals surface area (Å²) in [6.45, 7) is 1.77. The van der Waals surface area contributed by atoms with Gasteiger partial charge in [-0.2, -0.15) is 10.5 Å². The van der Waals surface area contributed by atoms with Crippen LogP contribution in [-0.2, 0) is 9.53 Å². The van der Waals surface area contributed by atoms with Crippen molar-refractivity contribution in [2.24, 2.45) is 17.3 Å². The molecule has 2 aliphatic rings. The van der Waals surface area contributed by atoms with E-state index in [-0.39, 0.29) is 18.2 Å². The first-order chi connectivity index (χ1) is 13.0. The molecule has 0 bridgehead atoms. The first kappa shape index (κ1) is 18.7. The van der Waals surface area contributed by atoms with Gasteiger partial charge in [-0.25, -0.2) is 4.79 Å². The number of esters is 1. The van der Waals surface area contributed by atoms with Gasteiger partial charge >= 0.3 is 5.97 Å². The smallest absolute Gasteiger partial charge is 0.333 e. The summed E-state index contributed by atoms with van der Waals surface area (Å²) in [6.07, 6.45) is 3.48. The van der Waals surface area contributed by atoms with Gasteiger partial charge in [-0.15, -0.1) is 0 Å². The fourth-order valence-corrected chi connectivity index (χ4v) is 4.39. The number of nitrogens with one attached hydrogen (secondary N) is 1. The molecule has 138 valence electrons. The summed E-state index contributed by atoms with van der Waals surface area (Å²) in [7, 11) is 1.57. The molecule has 0 amide bonds. The van der Waals surface area contributed by atoms with E-state index in [2.05, 4.69) is 12.1 Å². The van der Waals surface area contributed by atoms with Crippen LogP contribution in [0.4, 0.5) is 0 Å². The standard InChI is InChI=1S/C21H21N3O3/c1-3-27-20(25)21(12-23)18(13-7-9-14(26-2)10-8-13)16-6-4-5-15(16)17(11-22)19(21)24/h5,7-10,16-18,24H,3-4,6H2,1-2H3/t16-,17+,18+,21-/m1/s1. The topological polar surface area (TPSA) is 107 Å². The maximum atomic E-state index is 13.0. The van der Waals surface area contributed by atoms with Crippen LogP contribution in [0.3, 0.4) is 0 Å². The first-order valence-corrected chi connectivity index (χ1v) is 8.96. The number of ether oxygens (including phenoxy) is 2. The fourth-order valence-electron chi connectivity index (χ4n) is 4.39. The van der Waals surface area contributed by atoms with E-state index in [9.17, 15) is 15.3 Å². The summed E-state index contributed by atoms with van der Waals surface area (Å²) in [5, 5.41) is 28.5. The molecule has 0 aromatic heterocycles. The number of nitriles is 2. The van der Waals surface area contributed by atoms with Gasteiger partial charge < -0.3 is 14.9 Å². The molecular formula is C21H21N3O3. The summed E-state index contributed by atoms with van der Waals surface area (Å²) in [5.74, 6) is -1.67. The Morgan fingerprint density at radius 2 is 2.04 bits per heavy atom. The Morgan fingerprint density at radius 1 is 1.33 bits per heavy atom. The van der Waals surface area contributed by atoms with Crippen LogP contribution in [0.25, 0.3) is 0 Å². The zero-order valence-electron chi connectivity index (χ0n) is 15.4. The number of carbonyl (C=O) groups excluding carboxylic acids is 1. The van der Waals surface area contributed by atoms with Gasteiger partial charge in [-0.05, 0) is 49.0 Å². The van der Waals surface area contributed by atoms with Crippen molar-refractivity contribution in [3.63, 3.8) is 0 Å². The highest BCUT2D eigenvalue weighted by atomic mass is 16.5. The number of hydrogen-bond acceptors (Lipinski definition) is 6. The molecule has 27 heavy (non-hydrogen) atoms. The Morgan fingerprint density at radius 3 is 2.59 bits per heavy atom. The van der Waals surface area contributed by atoms with E-state index in [4.69, 9.17) is 14.9 Å². The predicted octanol–water partition coefficient (Wildman–Crippen LogP) is 3.36. The maximum absolute atomic E-state index is 13.0. The number of nitrogens with zero attached hydrogens (tertiary/aromatic N) is 2. The predicted molar refractivity (Wildman–Crippen MR) is 98.1 cm³/mol. The molecular weight excluding hydrogens is 342 g/mol. The van der Waals surface area contributed by atoms with Gasteiger partial charge in [0, 0.05) is 5.92 Å². The molecule has 0 spiro atoms. The zero-order valence-corrected chi connectivity index (χ0v) is 15.4. The molecule has 0 unspecified atom stereocenters. The van der Waals surface area contributed by atoms with Crippen LogP contribution in [-0.4, -0.2) is 25.4 Å². The Hall–Kier alpha value is -3.12. The lowest BCUT2D eigenvalue weighted by Gasteiger charge is -2.44. The molecule has 3 rings (SSSR count). The highest BCUT2D eigenvalue weighted by molar-refractivity contribution is 6.13. The van der Waals surface area contributed by atoms with Crippen molar-refractivity contribution in [1.29, 1.82) is 15.9 Å².